The fraction of sp³-hybridized carbons (Fsp3) is 0.105. The van der Waals surface area contributed by atoms with Gasteiger partial charge in [0, 0.05) is 5.56 Å². The van der Waals surface area contributed by atoms with Crippen LogP contribution in [0.25, 0.3) is 22.4 Å². The Labute approximate surface area is 134 Å². The highest BCUT2D eigenvalue weighted by Gasteiger charge is 2.12. The molecule has 0 amide bonds. The van der Waals surface area contributed by atoms with Gasteiger partial charge in [0.1, 0.15) is 11.5 Å². The summed E-state index contributed by atoms with van der Waals surface area (Å²) < 4.78 is 10.4. The van der Waals surface area contributed by atoms with Crippen LogP contribution in [0.15, 0.2) is 54.6 Å². The van der Waals surface area contributed by atoms with Crippen molar-refractivity contribution in [3.05, 3.63) is 60.3 Å². The number of hydrogen-bond donors (Lipinski definition) is 1. The molecule has 0 aliphatic carbocycles. The number of aromatic amines is 1. The molecule has 3 aromatic rings. The van der Waals surface area contributed by atoms with Crippen LogP contribution in [-0.2, 0) is 0 Å². The predicted molar refractivity (Wildman–Crippen MR) is 90.2 cm³/mol. The fourth-order valence-electron chi connectivity index (χ4n) is 2.52. The van der Waals surface area contributed by atoms with E-state index in [0.717, 1.165) is 40.2 Å². The fourth-order valence-corrected chi connectivity index (χ4v) is 2.52. The molecule has 0 fully saturated rings. The van der Waals surface area contributed by atoms with E-state index in [1.54, 1.807) is 14.2 Å². The summed E-state index contributed by atoms with van der Waals surface area (Å²) in [6, 6.07) is 17.3. The zero-order valence-corrected chi connectivity index (χ0v) is 13.0. The zero-order chi connectivity index (χ0) is 16.2. The molecule has 116 valence electrons. The van der Waals surface area contributed by atoms with E-state index in [4.69, 9.17) is 9.47 Å². The van der Waals surface area contributed by atoms with Gasteiger partial charge < -0.3 is 14.5 Å². The quantitative estimate of drug-likeness (QED) is 0.719. The maximum atomic E-state index is 11.2. The minimum Gasteiger partial charge on any atom is -0.497 e. The molecule has 2 aromatic carbocycles. The van der Waals surface area contributed by atoms with Crippen molar-refractivity contribution in [3.8, 4) is 33.9 Å². The number of nitrogens with one attached hydrogen (secondary N) is 1. The normalized spacial score (nSPS) is 10.3. The van der Waals surface area contributed by atoms with Crippen LogP contribution in [0, 0.1) is 0 Å². The Morgan fingerprint density at radius 1 is 0.826 bits per heavy atom. The highest BCUT2D eigenvalue weighted by Crippen LogP contribution is 2.33. The molecule has 0 atom stereocenters. The van der Waals surface area contributed by atoms with E-state index in [1.807, 2.05) is 54.6 Å². The van der Waals surface area contributed by atoms with Crippen LogP contribution in [0.4, 0.5) is 0 Å². The third-order valence-electron chi connectivity index (χ3n) is 3.75. The van der Waals surface area contributed by atoms with Crippen LogP contribution in [0.3, 0.4) is 0 Å². The number of rotatable bonds is 5. The highest BCUT2D eigenvalue weighted by atomic mass is 16.5. The molecule has 0 spiro atoms. The smallest absolute Gasteiger partial charge is 0.166 e. The lowest BCUT2D eigenvalue weighted by Gasteiger charge is -2.07. The van der Waals surface area contributed by atoms with Crippen LogP contribution in [0.1, 0.15) is 10.5 Å². The molecule has 23 heavy (non-hydrogen) atoms. The van der Waals surface area contributed by atoms with Gasteiger partial charge in [-0.25, -0.2) is 0 Å². The van der Waals surface area contributed by atoms with Gasteiger partial charge in [0.25, 0.3) is 0 Å². The number of hydrogen-bond acceptors (Lipinski definition) is 3. The second-order valence-electron chi connectivity index (χ2n) is 5.09. The third-order valence-corrected chi connectivity index (χ3v) is 3.75. The standard InChI is InChI=1S/C19H17NO3/c1-22-16-7-3-13(4-8-16)18-11-15(12-21)20-19(18)14-5-9-17(23-2)10-6-14/h3-12,20H,1-2H3. The minimum absolute atomic E-state index is 0.543. The van der Waals surface area contributed by atoms with Crippen molar-refractivity contribution >= 4 is 6.29 Å². The lowest BCUT2D eigenvalue weighted by Crippen LogP contribution is -1.86. The molecule has 1 aromatic heterocycles. The molecule has 0 radical (unpaired) electrons. The summed E-state index contributed by atoms with van der Waals surface area (Å²) in [6.07, 6.45) is 0.819. The molecule has 1 N–H and O–H groups in total. The number of aromatic nitrogens is 1. The SMILES string of the molecule is COc1ccc(-c2cc(C=O)[nH]c2-c2ccc(OC)cc2)cc1. The van der Waals surface area contributed by atoms with Crippen molar-refractivity contribution in [1.82, 2.24) is 4.98 Å². The zero-order valence-electron chi connectivity index (χ0n) is 13.0. The first-order chi connectivity index (χ1) is 11.2. The summed E-state index contributed by atoms with van der Waals surface area (Å²) in [5, 5.41) is 0. The van der Waals surface area contributed by atoms with Crippen molar-refractivity contribution in [2.24, 2.45) is 0 Å². The Kier molecular flexibility index (Phi) is 4.15. The number of aldehydes is 1. The van der Waals surface area contributed by atoms with E-state index >= 15 is 0 Å². The van der Waals surface area contributed by atoms with Gasteiger partial charge in [-0.1, -0.05) is 12.1 Å². The molecule has 0 bridgehead atoms. The van der Waals surface area contributed by atoms with E-state index < -0.39 is 0 Å². The van der Waals surface area contributed by atoms with Gasteiger partial charge in [-0.15, -0.1) is 0 Å². The molecule has 1 heterocycles. The van der Waals surface area contributed by atoms with Gasteiger partial charge in [0.2, 0.25) is 0 Å². The van der Waals surface area contributed by atoms with Crippen molar-refractivity contribution in [3.63, 3.8) is 0 Å². The molecular formula is C19H17NO3. The Morgan fingerprint density at radius 3 is 1.83 bits per heavy atom. The molecular weight excluding hydrogens is 290 g/mol. The first-order valence-electron chi connectivity index (χ1n) is 7.22. The van der Waals surface area contributed by atoms with Gasteiger partial charge in [0.15, 0.2) is 6.29 Å². The second-order valence-corrected chi connectivity index (χ2v) is 5.09. The van der Waals surface area contributed by atoms with Crippen molar-refractivity contribution in [2.45, 2.75) is 0 Å². The van der Waals surface area contributed by atoms with E-state index in [0.29, 0.717) is 5.69 Å². The number of benzene rings is 2. The van der Waals surface area contributed by atoms with Crippen molar-refractivity contribution in [2.75, 3.05) is 14.2 Å². The minimum atomic E-state index is 0.543. The molecule has 0 aliphatic heterocycles. The molecule has 3 rings (SSSR count). The van der Waals surface area contributed by atoms with Crippen LogP contribution in [0.5, 0.6) is 11.5 Å². The van der Waals surface area contributed by atoms with E-state index in [-0.39, 0.29) is 0 Å². The molecule has 4 nitrogen and oxygen atoms in total. The monoisotopic (exact) mass is 307 g/mol. The number of ether oxygens (including phenoxy) is 2. The van der Waals surface area contributed by atoms with Gasteiger partial charge in [0.05, 0.1) is 25.6 Å². The third kappa shape index (κ3) is 2.97. The lowest BCUT2D eigenvalue weighted by atomic mass is 10.0. The van der Waals surface area contributed by atoms with Gasteiger partial charge >= 0.3 is 0 Å². The summed E-state index contributed by atoms with van der Waals surface area (Å²) in [5.41, 5.74) is 4.42. The van der Waals surface area contributed by atoms with Gasteiger partial charge in [-0.2, -0.15) is 0 Å². The molecule has 4 heteroatoms. The maximum absolute atomic E-state index is 11.2. The Bertz CT molecular complexity index is 737. The van der Waals surface area contributed by atoms with Crippen molar-refractivity contribution in [1.29, 1.82) is 0 Å². The van der Waals surface area contributed by atoms with Gasteiger partial charge in [-0.3, -0.25) is 4.79 Å². The number of methoxy groups -OCH3 is 2. The van der Waals surface area contributed by atoms with Crippen LogP contribution < -0.4 is 9.47 Å². The Balaban J connectivity index is 2.08. The topological polar surface area (TPSA) is 51.3 Å². The number of H-pyrrole nitrogens is 1. The van der Waals surface area contributed by atoms with Crippen LogP contribution in [0.2, 0.25) is 0 Å². The lowest BCUT2D eigenvalue weighted by molar-refractivity contribution is 0.111. The number of carbonyl (C=O) groups excluding carboxylic acids is 1. The summed E-state index contributed by atoms with van der Waals surface area (Å²) >= 11 is 0. The van der Waals surface area contributed by atoms with Gasteiger partial charge in [-0.05, 0) is 53.6 Å². The first kappa shape index (κ1) is 14.9. The van der Waals surface area contributed by atoms with Crippen LogP contribution in [-0.4, -0.2) is 25.5 Å². The summed E-state index contributed by atoms with van der Waals surface area (Å²) in [6.45, 7) is 0. The van der Waals surface area contributed by atoms with E-state index in [2.05, 4.69) is 4.98 Å². The average molecular weight is 307 g/mol. The Hall–Kier alpha value is -3.01. The molecule has 0 aliphatic rings. The summed E-state index contributed by atoms with van der Waals surface area (Å²) in [5.74, 6) is 1.59. The summed E-state index contributed by atoms with van der Waals surface area (Å²) in [7, 11) is 3.27. The average Bonchev–Trinajstić information content (AvgIpc) is 3.06. The number of carbonyl (C=O) groups is 1. The first-order valence-corrected chi connectivity index (χ1v) is 7.22. The largest absolute Gasteiger partial charge is 0.497 e. The second kappa shape index (κ2) is 6.40. The highest BCUT2D eigenvalue weighted by molar-refractivity contribution is 5.87. The summed E-state index contributed by atoms with van der Waals surface area (Å²) in [4.78, 5) is 14.3. The maximum Gasteiger partial charge on any atom is 0.166 e. The molecule has 0 saturated carbocycles. The van der Waals surface area contributed by atoms with E-state index in [9.17, 15) is 4.79 Å². The van der Waals surface area contributed by atoms with Crippen LogP contribution >= 0.6 is 0 Å². The van der Waals surface area contributed by atoms with Crippen molar-refractivity contribution < 1.29 is 14.3 Å². The Morgan fingerprint density at radius 2 is 1.35 bits per heavy atom. The predicted octanol–water partition coefficient (Wildman–Crippen LogP) is 4.18. The molecule has 0 saturated heterocycles. The molecule has 0 unspecified atom stereocenters. The van der Waals surface area contributed by atoms with E-state index in [1.165, 1.54) is 0 Å².